The van der Waals surface area contributed by atoms with Crippen LogP contribution in [0, 0.1) is 0 Å². The van der Waals surface area contributed by atoms with Crippen LogP contribution in [-0.4, -0.2) is 47.9 Å². The van der Waals surface area contributed by atoms with Gasteiger partial charge in [-0.25, -0.2) is 0 Å². The van der Waals surface area contributed by atoms with Crippen LogP contribution in [-0.2, 0) is 9.59 Å². The summed E-state index contributed by atoms with van der Waals surface area (Å²) >= 11 is 3.54. The quantitative estimate of drug-likeness (QED) is 0.326. The van der Waals surface area contributed by atoms with Gasteiger partial charge >= 0.3 is 0 Å². The Morgan fingerprint density at radius 1 is 0.850 bits per heavy atom. The fourth-order valence-electron chi connectivity index (χ4n) is 1.08. The van der Waals surface area contributed by atoms with E-state index in [0.717, 1.165) is 23.0 Å². The van der Waals surface area contributed by atoms with Gasteiger partial charge in [-0.2, -0.15) is 23.5 Å². The largest absolute Gasteiger partial charge is 0.352 e. The molecule has 4 nitrogen and oxygen atoms in total. The molecule has 0 bridgehead atoms. The van der Waals surface area contributed by atoms with Gasteiger partial charge in [0.2, 0.25) is 11.8 Å². The molecule has 0 radical (unpaired) electrons. The summed E-state index contributed by atoms with van der Waals surface area (Å²) in [6, 6.07) is 0. The highest BCUT2D eigenvalue weighted by Gasteiger charge is 1.93. The molecule has 0 aromatic heterocycles. The van der Waals surface area contributed by atoms with E-state index >= 15 is 0 Å². The van der Waals surface area contributed by atoms with Gasteiger partial charge in [-0.15, -0.1) is 0 Å². The molecular formula is C14H22N2O2S2. The number of thioether (sulfide) groups is 2. The lowest BCUT2D eigenvalue weighted by molar-refractivity contribution is -0.117. The molecule has 0 fully saturated rings. The monoisotopic (exact) mass is 314 g/mol. The molecule has 112 valence electrons. The third-order valence-corrected chi connectivity index (χ3v) is 3.90. The van der Waals surface area contributed by atoms with Crippen molar-refractivity contribution in [3.05, 3.63) is 37.5 Å². The van der Waals surface area contributed by atoms with Gasteiger partial charge in [-0.05, 0) is 12.2 Å². The topological polar surface area (TPSA) is 58.2 Å². The summed E-state index contributed by atoms with van der Waals surface area (Å²) in [6.07, 6.45) is 6.79. The van der Waals surface area contributed by atoms with Crippen LogP contribution in [0.4, 0.5) is 0 Å². The fraction of sp³-hybridized carbons (Fsp3) is 0.429. The highest BCUT2D eigenvalue weighted by atomic mass is 32.2. The predicted octanol–water partition coefficient (Wildman–Crippen LogP) is 1.61. The fourth-order valence-corrected chi connectivity index (χ4v) is 2.45. The second-order valence-electron chi connectivity index (χ2n) is 3.61. The summed E-state index contributed by atoms with van der Waals surface area (Å²) in [4.78, 5) is 21.7. The Morgan fingerprint density at radius 2 is 1.25 bits per heavy atom. The molecule has 2 N–H and O–H groups in total. The number of carbonyl (C=O) groups excluding carboxylic acids is 2. The van der Waals surface area contributed by atoms with E-state index in [1.807, 2.05) is 0 Å². The van der Waals surface area contributed by atoms with Crippen LogP contribution in [0.1, 0.15) is 0 Å². The average molecular weight is 314 g/mol. The molecule has 0 atom stereocenters. The zero-order valence-electron chi connectivity index (χ0n) is 11.6. The molecule has 20 heavy (non-hydrogen) atoms. The molecule has 0 unspecified atom stereocenters. The summed E-state index contributed by atoms with van der Waals surface area (Å²) in [5.74, 6) is 3.42. The number of amides is 2. The second-order valence-corrected chi connectivity index (χ2v) is 5.91. The average Bonchev–Trinajstić information content (AvgIpc) is 2.47. The zero-order valence-corrected chi connectivity index (χ0v) is 13.2. The van der Waals surface area contributed by atoms with Crippen molar-refractivity contribution in [2.45, 2.75) is 0 Å². The maximum Gasteiger partial charge on any atom is 0.243 e. The molecule has 6 heteroatoms. The van der Waals surface area contributed by atoms with Crippen molar-refractivity contribution in [1.29, 1.82) is 0 Å². The molecule has 0 heterocycles. The number of hydrogen-bond acceptors (Lipinski definition) is 4. The van der Waals surface area contributed by atoms with Crippen LogP contribution in [0.25, 0.3) is 0 Å². The van der Waals surface area contributed by atoms with E-state index in [-0.39, 0.29) is 11.8 Å². The van der Waals surface area contributed by atoms with Gasteiger partial charge in [0.1, 0.15) is 0 Å². The van der Waals surface area contributed by atoms with Crippen molar-refractivity contribution < 1.29 is 9.59 Å². The summed E-state index contributed by atoms with van der Waals surface area (Å²) in [6.45, 7) is 8.11. The van der Waals surface area contributed by atoms with Gasteiger partial charge in [0.05, 0.1) is 0 Å². The van der Waals surface area contributed by atoms with Gasteiger partial charge in [0.25, 0.3) is 0 Å². The lowest BCUT2D eigenvalue weighted by Crippen LogP contribution is -2.23. The normalized spacial score (nSPS) is 10.2. The molecular weight excluding hydrogens is 292 g/mol. The van der Waals surface area contributed by atoms with Gasteiger partial charge in [0, 0.05) is 36.1 Å². The molecule has 2 amide bonds. The van der Waals surface area contributed by atoms with Crippen molar-refractivity contribution in [2.75, 3.05) is 36.1 Å². The van der Waals surface area contributed by atoms with E-state index in [4.69, 9.17) is 0 Å². The highest BCUT2D eigenvalue weighted by molar-refractivity contribution is 7.99. The lowest BCUT2D eigenvalue weighted by Gasteiger charge is -2.01. The Bertz CT molecular complexity index is 312. The summed E-state index contributed by atoms with van der Waals surface area (Å²) in [5, 5.41) is 5.45. The van der Waals surface area contributed by atoms with Crippen molar-refractivity contribution in [1.82, 2.24) is 10.6 Å². The molecule has 0 saturated carbocycles. The van der Waals surface area contributed by atoms with Crippen LogP contribution in [0.15, 0.2) is 37.5 Å². The molecule has 0 aliphatic rings. The first-order valence-electron chi connectivity index (χ1n) is 6.31. The zero-order chi connectivity index (χ0) is 15.1. The molecule has 0 aromatic carbocycles. The van der Waals surface area contributed by atoms with E-state index in [9.17, 15) is 9.59 Å². The second kappa shape index (κ2) is 14.3. The summed E-state index contributed by atoms with van der Waals surface area (Å²) < 4.78 is 0. The number of nitrogens with one attached hydrogen (secondary N) is 2. The SMILES string of the molecule is C=CC(=O)NCCSC/C=C/CSCCNC(=O)C=C. The molecule has 0 saturated heterocycles. The van der Waals surface area contributed by atoms with E-state index < -0.39 is 0 Å². The minimum atomic E-state index is -0.124. The van der Waals surface area contributed by atoms with Crippen molar-refractivity contribution in [2.24, 2.45) is 0 Å². The van der Waals surface area contributed by atoms with Crippen LogP contribution >= 0.6 is 23.5 Å². The molecule has 0 spiro atoms. The van der Waals surface area contributed by atoms with Crippen LogP contribution in [0.5, 0.6) is 0 Å². The Hall–Kier alpha value is -1.14. The van der Waals surface area contributed by atoms with Crippen LogP contribution in [0.3, 0.4) is 0 Å². The number of carbonyl (C=O) groups is 2. The van der Waals surface area contributed by atoms with Gasteiger partial charge in [-0.1, -0.05) is 25.3 Å². The predicted molar refractivity (Wildman–Crippen MR) is 90.2 cm³/mol. The van der Waals surface area contributed by atoms with Gasteiger partial charge in [0.15, 0.2) is 0 Å². The maximum absolute atomic E-state index is 10.8. The third-order valence-electron chi connectivity index (χ3n) is 2.06. The third kappa shape index (κ3) is 13.3. The smallest absolute Gasteiger partial charge is 0.243 e. The van der Waals surface area contributed by atoms with Crippen molar-refractivity contribution in [3.63, 3.8) is 0 Å². The van der Waals surface area contributed by atoms with Crippen molar-refractivity contribution in [3.8, 4) is 0 Å². The van der Waals surface area contributed by atoms with Gasteiger partial charge in [-0.3, -0.25) is 9.59 Å². The standard InChI is InChI=1S/C14H22N2O2S2/c1-3-13(17)15-7-11-19-9-5-6-10-20-12-8-16-14(18)4-2/h3-6H,1-2,7-12H2,(H,15,17)(H,16,18)/b6-5+. The first-order valence-corrected chi connectivity index (χ1v) is 8.62. The summed E-state index contributed by atoms with van der Waals surface area (Å²) in [5.41, 5.74) is 0. The molecule has 0 aliphatic carbocycles. The van der Waals surface area contributed by atoms with E-state index in [0.29, 0.717) is 13.1 Å². The van der Waals surface area contributed by atoms with Gasteiger partial charge < -0.3 is 10.6 Å². The van der Waals surface area contributed by atoms with E-state index in [1.165, 1.54) is 12.2 Å². The first-order chi connectivity index (χ1) is 9.70. The molecule has 0 rings (SSSR count). The van der Waals surface area contributed by atoms with Crippen molar-refractivity contribution >= 4 is 35.3 Å². The van der Waals surface area contributed by atoms with Crippen LogP contribution < -0.4 is 10.6 Å². The van der Waals surface area contributed by atoms with E-state index in [2.05, 4.69) is 35.9 Å². The Balaban J connectivity index is 3.24. The molecule has 0 aliphatic heterocycles. The Labute approximate surface area is 129 Å². The maximum atomic E-state index is 10.8. The summed E-state index contributed by atoms with van der Waals surface area (Å²) in [7, 11) is 0. The minimum absolute atomic E-state index is 0.124. The Kier molecular flexibility index (Phi) is 13.5. The molecule has 0 aromatic rings. The van der Waals surface area contributed by atoms with Crippen LogP contribution in [0.2, 0.25) is 0 Å². The number of rotatable bonds is 12. The first kappa shape index (κ1) is 18.9. The Morgan fingerprint density at radius 3 is 1.60 bits per heavy atom. The minimum Gasteiger partial charge on any atom is -0.352 e. The van der Waals surface area contributed by atoms with E-state index in [1.54, 1.807) is 23.5 Å². The lowest BCUT2D eigenvalue weighted by atomic mass is 10.6. The highest BCUT2D eigenvalue weighted by Crippen LogP contribution is 2.02. The number of hydrogen-bond donors (Lipinski definition) is 2.